The lowest BCUT2D eigenvalue weighted by atomic mass is 9.97. The number of ketones is 2. The summed E-state index contributed by atoms with van der Waals surface area (Å²) in [6.45, 7) is 7.51. The maximum atomic E-state index is 13.5. The summed E-state index contributed by atoms with van der Waals surface area (Å²) in [5.41, 5.74) is 1.65. The number of benzene rings is 1. The first-order valence-electron chi connectivity index (χ1n) is 11.6. The molecule has 2 aromatic heterocycles. The number of hydrogen-bond acceptors (Lipinski definition) is 7. The van der Waals surface area contributed by atoms with Crippen molar-refractivity contribution in [3.8, 4) is 0 Å². The molecule has 0 saturated heterocycles. The molecule has 10 heteroatoms. The number of carbonyl (C=O) groups excluding carboxylic acids is 2. The number of hydrogen-bond donors (Lipinski definition) is 1. The summed E-state index contributed by atoms with van der Waals surface area (Å²) in [7, 11) is -2.59. The second kappa shape index (κ2) is 9.25. The maximum absolute atomic E-state index is 13.5. The summed E-state index contributed by atoms with van der Waals surface area (Å²) in [5.74, 6) is -0.498. The molecule has 4 rings (SSSR count). The molecular weight excluding hydrogens is 468 g/mol. The number of Topliss-reactive ketones (excluding diaryl/α,β-unsaturated/α-hetero) is 2. The van der Waals surface area contributed by atoms with Crippen molar-refractivity contribution < 1.29 is 22.7 Å². The topological polar surface area (TPSA) is 122 Å². The number of aromatic amines is 1. The SMILES string of the molecule is CCOC1([C@H](CC(C)C)N(C)S(=O)(=O)c2ccc(Cc3nccc4[nH]c(C)nc34)cc2)C(=O)C1=O. The van der Waals surface area contributed by atoms with Gasteiger partial charge in [0.15, 0.2) is 0 Å². The number of fused-ring (bicyclic) bond motifs is 1. The lowest BCUT2D eigenvalue weighted by Crippen LogP contribution is -2.50. The summed E-state index contributed by atoms with van der Waals surface area (Å²) in [4.78, 5) is 36.9. The highest BCUT2D eigenvalue weighted by Gasteiger charge is 2.72. The normalized spacial score (nSPS) is 16.4. The Morgan fingerprint density at radius 3 is 2.34 bits per heavy atom. The number of rotatable bonds is 10. The van der Waals surface area contributed by atoms with Crippen LogP contribution in [0, 0.1) is 12.8 Å². The van der Waals surface area contributed by atoms with Crippen LogP contribution in [-0.2, 0) is 30.8 Å². The van der Waals surface area contributed by atoms with Crippen molar-refractivity contribution in [3.05, 3.63) is 53.6 Å². The van der Waals surface area contributed by atoms with Gasteiger partial charge in [-0.15, -0.1) is 0 Å². The average molecular weight is 499 g/mol. The van der Waals surface area contributed by atoms with Crippen LogP contribution in [0.15, 0.2) is 41.4 Å². The van der Waals surface area contributed by atoms with Crippen LogP contribution in [0.1, 0.15) is 44.3 Å². The van der Waals surface area contributed by atoms with E-state index in [1.54, 1.807) is 25.3 Å². The molecule has 1 saturated carbocycles. The van der Waals surface area contributed by atoms with Crippen molar-refractivity contribution in [1.29, 1.82) is 0 Å². The van der Waals surface area contributed by atoms with E-state index in [-0.39, 0.29) is 17.4 Å². The Labute approximate surface area is 205 Å². The third-order valence-electron chi connectivity index (χ3n) is 6.36. The highest BCUT2D eigenvalue weighted by atomic mass is 32.2. The molecule has 1 fully saturated rings. The van der Waals surface area contributed by atoms with Crippen molar-refractivity contribution in [1.82, 2.24) is 19.3 Å². The van der Waals surface area contributed by atoms with Gasteiger partial charge in [0.1, 0.15) is 11.3 Å². The molecule has 35 heavy (non-hydrogen) atoms. The van der Waals surface area contributed by atoms with Crippen molar-refractivity contribution in [2.75, 3.05) is 13.7 Å². The Hall–Kier alpha value is -2.95. The fourth-order valence-corrected chi connectivity index (χ4v) is 5.94. The molecule has 186 valence electrons. The molecule has 0 amide bonds. The number of likely N-dealkylation sites (N-methyl/N-ethyl adjacent to an activating group) is 1. The maximum Gasteiger partial charge on any atom is 0.243 e. The molecule has 0 spiro atoms. The minimum absolute atomic E-state index is 0.0412. The van der Waals surface area contributed by atoms with Gasteiger partial charge in [-0.05, 0) is 49.9 Å². The predicted molar refractivity (Wildman–Crippen MR) is 130 cm³/mol. The summed E-state index contributed by atoms with van der Waals surface area (Å²) in [6.07, 6.45) is 2.51. The van der Waals surface area contributed by atoms with Crippen LogP contribution in [0.2, 0.25) is 0 Å². The Balaban J connectivity index is 1.61. The van der Waals surface area contributed by atoms with E-state index in [9.17, 15) is 18.0 Å². The van der Waals surface area contributed by atoms with E-state index in [2.05, 4.69) is 15.0 Å². The Kier molecular flexibility index (Phi) is 6.65. The number of nitrogens with one attached hydrogen (secondary N) is 1. The number of aryl methyl sites for hydroxylation is 1. The summed E-state index contributed by atoms with van der Waals surface area (Å²) in [6, 6.07) is 7.49. The van der Waals surface area contributed by atoms with Crippen LogP contribution >= 0.6 is 0 Å². The number of sulfonamides is 1. The monoisotopic (exact) mass is 498 g/mol. The van der Waals surface area contributed by atoms with Crippen LogP contribution in [0.3, 0.4) is 0 Å². The van der Waals surface area contributed by atoms with E-state index in [0.717, 1.165) is 32.4 Å². The lowest BCUT2D eigenvalue weighted by molar-refractivity contribution is -0.122. The number of carbonyl (C=O) groups is 2. The molecule has 1 aromatic carbocycles. The van der Waals surface area contributed by atoms with E-state index < -0.39 is 33.2 Å². The number of H-pyrrole nitrogens is 1. The standard InChI is InChI=1S/C25H30N4O5S/c1-6-34-25(23(30)24(25)31)21(13-15(2)3)29(5)35(32,33)18-9-7-17(8-10-18)14-20-22-19(11-12-26-20)27-16(4)28-22/h7-12,15,21H,6,13-14H2,1-5H3,(H,27,28)/t21-/m0/s1. The smallest absolute Gasteiger partial charge is 0.243 e. The fourth-order valence-electron chi connectivity index (χ4n) is 4.56. The van der Waals surface area contributed by atoms with Gasteiger partial charge in [0.25, 0.3) is 0 Å². The first-order chi connectivity index (χ1) is 16.5. The number of pyridine rings is 1. The van der Waals surface area contributed by atoms with E-state index >= 15 is 0 Å². The third-order valence-corrected chi connectivity index (χ3v) is 8.24. The van der Waals surface area contributed by atoms with Gasteiger partial charge < -0.3 is 9.72 Å². The van der Waals surface area contributed by atoms with Crippen LogP contribution in [0.25, 0.3) is 11.0 Å². The third kappa shape index (κ3) is 4.41. The Bertz CT molecular complexity index is 1360. The predicted octanol–water partition coefficient (Wildman–Crippen LogP) is 2.82. The van der Waals surface area contributed by atoms with Gasteiger partial charge >= 0.3 is 0 Å². The average Bonchev–Trinajstić information content (AvgIpc) is 3.13. The van der Waals surface area contributed by atoms with E-state index in [1.165, 1.54) is 19.2 Å². The zero-order valence-electron chi connectivity index (χ0n) is 20.5. The van der Waals surface area contributed by atoms with Gasteiger partial charge in [-0.2, -0.15) is 4.31 Å². The molecule has 2 heterocycles. The molecule has 0 radical (unpaired) electrons. The first kappa shape index (κ1) is 25.2. The van der Waals surface area contributed by atoms with Gasteiger partial charge in [-0.1, -0.05) is 26.0 Å². The summed E-state index contributed by atoms with van der Waals surface area (Å²) < 4.78 is 33.7. The molecule has 1 atom stereocenters. The molecular formula is C25H30N4O5S. The van der Waals surface area contributed by atoms with Gasteiger partial charge in [0.2, 0.25) is 27.2 Å². The Morgan fingerprint density at radius 2 is 1.77 bits per heavy atom. The zero-order chi connectivity index (χ0) is 25.5. The van der Waals surface area contributed by atoms with Crippen LogP contribution in [-0.4, -0.2) is 64.5 Å². The van der Waals surface area contributed by atoms with Crippen LogP contribution < -0.4 is 0 Å². The second-order valence-corrected chi connectivity index (χ2v) is 11.3. The van der Waals surface area contributed by atoms with E-state index in [1.807, 2.05) is 26.8 Å². The number of nitrogens with zero attached hydrogens (tertiary/aromatic N) is 3. The van der Waals surface area contributed by atoms with E-state index in [0.29, 0.717) is 12.8 Å². The molecule has 9 nitrogen and oxygen atoms in total. The zero-order valence-corrected chi connectivity index (χ0v) is 21.3. The van der Waals surface area contributed by atoms with Crippen molar-refractivity contribution in [3.63, 3.8) is 0 Å². The number of aromatic nitrogens is 3. The van der Waals surface area contributed by atoms with Crippen molar-refractivity contribution in [2.45, 2.75) is 57.1 Å². The highest BCUT2D eigenvalue weighted by Crippen LogP contribution is 2.41. The van der Waals surface area contributed by atoms with Crippen molar-refractivity contribution >= 4 is 32.6 Å². The number of imidazole rings is 1. The van der Waals surface area contributed by atoms with Gasteiger partial charge in [-0.3, -0.25) is 14.6 Å². The van der Waals surface area contributed by atoms with Crippen molar-refractivity contribution in [2.24, 2.45) is 5.92 Å². The molecule has 1 N–H and O–H groups in total. The van der Waals surface area contributed by atoms with Crippen LogP contribution in [0.5, 0.6) is 0 Å². The van der Waals surface area contributed by atoms with E-state index in [4.69, 9.17) is 4.74 Å². The summed E-state index contributed by atoms with van der Waals surface area (Å²) >= 11 is 0. The highest BCUT2D eigenvalue weighted by molar-refractivity contribution is 7.89. The molecule has 0 bridgehead atoms. The minimum Gasteiger partial charge on any atom is -0.357 e. The molecule has 0 unspecified atom stereocenters. The number of ether oxygens (including phenoxy) is 1. The summed E-state index contributed by atoms with van der Waals surface area (Å²) in [5, 5.41) is 0. The Morgan fingerprint density at radius 1 is 1.11 bits per heavy atom. The second-order valence-electron chi connectivity index (χ2n) is 9.29. The van der Waals surface area contributed by atoms with Crippen LogP contribution in [0.4, 0.5) is 0 Å². The lowest BCUT2D eigenvalue weighted by Gasteiger charge is -2.32. The molecule has 3 aromatic rings. The molecule has 1 aliphatic rings. The fraction of sp³-hybridized carbons (Fsp3) is 0.440. The first-order valence-corrected chi connectivity index (χ1v) is 13.1. The molecule has 1 aliphatic carbocycles. The molecule has 0 aliphatic heterocycles. The van der Waals surface area contributed by atoms with Gasteiger partial charge in [-0.25, -0.2) is 13.4 Å². The minimum atomic E-state index is -4.00. The largest absolute Gasteiger partial charge is 0.357 e. The van der Waals surface area contributed by atoms with Gasteiger partial charge in [0, 0.05) is 26.3 Å². The van der Waals surface area contributed by atoms with Gasteiger partial charge in [0.05, 0.1) is 22.1 Å². The quantitative estimate of drug-likeness (QED) is 0.337.